The lowest BCUT2D eigenvalue weighted by molar-refractivity contribution is 1.38. The van der Waals surface area contributed by atoms with Gasteiger partial charge < -0.3 is 4.98 Å². The first-order valence-corrected chi connectivity index (χ1v) is 7.66. The topological polar surface area (TPSA) is 28.1 Å². The number of benzene rings is 3. The van der Waals surface area contributed by atoms with Gasteiger partial charge in [-0.2, -0.15) is 0 Å². The maximum atomic E-state index is 4.49. The Labute approximate surface area is 135 Å². The van der Waals surface area contributed by atoms with Crippen molar-refractivity contribution in [2.45, 2.75) is 0 Å². The Morgan fingerprint density at radius 3 is 2.39 bits per heavy atom. The van der Waals surface area contributed by atoms with E-state index in [1.165, 1.54) is 16.3 Å². The molecular weight excluding hydrogens is 280 g/mol. The van der Waals surface area contributed by atoms with Crippen LogP contribution in [0.3, 0.4) is 0 Å². The van der Waals surface area contributed by atoms with E-state index in [1.54, 1.807) is 0 Å². The number of aromatic nitrogens is 1. The summed E-state index contributed by atoms with van der Waals surface area (Å²) in [6.45, 7) is 0. The van der Waals surface area contributed by atoms with Gasteiger partial charge in [-0.05, 0) is 35.0 Å². The van der Waals surface area contributed by atoms with Crippen LogP contribution >= 0.6 is 0 Å². The van der Waals surface area contributed by atoms with Crippen molar-refractivity contribution in [3.8, 4) is 11.3 Å². The second kappa shape index (κ2) is 5.93. The van der Waals surface area contributed by atoms with Gasteiger partial charge >= 0.3 is 0 Å². The van der Waals surface area contributed by atoms with Crippen LogP contribution in [0.25, 0.3) is 22.0 Å². The minimum atomic E-state index is 0.953. The van der Waals surface area contributed by atoms with E-state index < -0.39 is 0 Å². The Morgan fingerprint density at radius 2 is 1.48 bits per heavy atom. The predicted octanol–water partition coefficient (Wildman–Crippen LogP) is 5.59. The molecule has 0 aliphatic heterocycles. The molecule has 0 aliphatic carbocycles. The molecule has 0 atom stereocenters. The average Bonchev–Trinajstić information content (AvgIpc) is 3.09. The summed E-state index contributed by atoms with van der Waals surface area (Å²) in [7, 11) is 0. The summed E-state index contributed by atoms with van der Waals surface area (Å²) < 4.78 is 0. The molecule has 23 heavy (non-hydrogen) atoms. The number of hydrogen-bond acceptors (Lipinski definition) is 1. The van der Waals surface area contributed by atoms with Crippen molar-refractivity contribution in [2.24, 2.45) is 4.99 Å². The summed E-state index contributed by atoms with van der Waals surface area (Å²) in [5.74, 6) is 0. The summed E-state index contributed by atoms with van der Waals surface area (Å²) in [4.78, 5) is 7.93. The second-order valence-corrected chi connectivity index (χ2v) is 5.45. The monoisotopic (exact) mass is 296 g/mol. The van der Waals surface area contributed by atoms with Gasteiger partial charge in [0.1, 0.15) is 0 Å². The Bertz CT molecular complexity index is 960. The minimum absolute atomic E-state index is 0.953. The summed E-state index contributed by atoms with van der Waals surface area (Å²) in [5, 5.41) is 2.50. The van der Waals surface area contributed by atoms with E-state index in [4.69, 9.17) is 0 Å². The van der Waals surface area contributed by atoms with Gasteiger partial charge in [0.25, 0.3) is 0 Å². The van der Waals surface area contributed by atoms with Crippen LogP contribution in [0, 0.1) is 0 Å². The fraction of sp³-hybridized carbons (Fsp3) is 0. The number of para-hydroxylation sites is 1. The van der Waals surface area contributed by atoms with Crippen LogP contribution in [0.4, 0.5) is 5.69 Å². The lowest BCUT2D eigenvalue weighted by atomic mass is 10.0. The lowest BCUT2D eigenvalue weighted by Gasteiger charge is -2.04. The molecule has 0 saturated heterocycles. The van der Waals surface area contributed by atoms with Gasteiger partial charge in [0.15, 0.2) is 0 Å². The first-order chi connectivity index (χ1) is 11.4. The van der Waals surface area contributed by atoms with Crippen molar-refractivity contribution >= 4 is 22.7 Å². The smallest absolute Gasteiger partial charge is 0.0630 e. The fourth-order valence-corrected chi connectivity index (χ4v) is 2.76. The van der Waals surface area contributed by atoms with Crippen LogP contribution in [0.1, 0.15) is 5.69 Å². The molecule has 0 unspecified atom stereocenters. The third kappa shape index (κ3) is 2.79. The Hall–Kier alpha value is -3.13. The highest BCUT2D eigenvalue weighted by atomic mass is 14.8. The standard InChI is InChI=1S/C21H16N2/c1-2-9-17(10-3-1)22-15-18-13-14-21(23-18)20-12-6-8-16-7-4-5-11-19(16)20/h1-15,23H. The predicted molar refractivity (Wildman–Crippen MR) is 97.4 cm³/mol. The molecule has 2 heteroatoms. The van der Waals surface area contributed by atoms with Gasteiger partial charge in [-0.15, -0.1) is 0 Å². The van der Waals surface area contributed by atoms with Gasteiger partial charge in [0.2, 0.25) is 0 Å². The molecule has 3 aromatic carbocycles. The van der Waals surface area contributed by atoms with Crippen LogP contribution < -0.4 is 0 Å². The molecule has 0 fully saturated rings. The Morgan fingerprint density at radius 1 is 0.696 bits per heavy atom. The molecule has 0 aliphatic rings. The molecule has 2 nitrogen and oxygen atoms in total. The molecular formula is C21H16N2. The molecule has 4 aromatic rings. The number of nitrogens with one attached hydrogen (secondary N) is 1. The number of aromatic amines is 1. The molecule has 0 radical (unpaired) electrons. The zero-order valence-electron chi connectivity index (χ0n) is 12.6. The van der Waals surface area contributed by atoms with Gasteiger partial charge in [0, 0.05) is 11.3 Å². The van der Waals surface area contributed by atoms with Gasteiger partial charge in [-0.3, -0.25) is 4.99 Å². The first kappa shape index (κ1) is 13.5. The third-order valence-corrected chi connectivity index (χ3v) is 3.90. The average molecular weight is 296 g/mol. The minimum Gasteiger partial charge on any atom is -0.354 e. The highest BCUT2D eigenvalue weighted by Crippen LogP contribution is 2.27. The molecule has 0 saturated carbocycles. The van der Waals surface area contributed by atoms with Crippen LogP contribution in [0.2, 0.25) is 0 Å². The highest BCUT2D eigenvalue weighted by molar-refractivity contribution is 5.96. The first-order valence-electron chi connectivity index (χ1n) is 7.66. The van der Waals surface area contributed by atoms with Gasteiger partial charge in [-0.1, -0.05) is 60.7 Å². The number of H-pyrrole nitrogens is 1. The number of rotatable bonds is 3. The molecule has 4 rings (SSSR count). The summed E-state index contributed by atoms with van der Waals surface area (Å²) >= 11 is 0. The number of hydrogen-bond donors (Lipinski definition) is 1. The Balaban J connectivity index is 1.69. The highest BCUT2D eigenvalue weighted by Gasteiger charge is 2.05. The molecule has 0 amide bonds. The van der Waals surface area contributed by atoms with Crippen molar-refractivity contribution in [1.29, 1.82) is 0 Å². The van der Waals surface area contributed by atoms with Gasteiger partial charge in [-0.25, -0.2) is 0 Å². The van der Waals surface area contributed by atoms with E-state index in [-0.39, 0.29) is 0 Å². The molecule has 1 heterocycles. The molecule has 110 valence electrons. The summed E-state index contributed by atoms with van der Waals surface area (Å²) in [6.07, 6.45) is 1.87. The maximum Gasteiger partial charge on any atom is 0.0630 e. The number of fused-ring (bicyclic) bond motifs is 1. The lowest BCUT2D eigenvalue weighted by Crippen LogP contribution is -1.83. The molecule has 1 aromatic heterocycles. The van der Waals surface area contributed by atoms with Crippen molar-refractivity contribution < 1.29 is 0 Å². The van der Waals surface area contributed by atoms with Crippen molar-refractivity contribution in [1.82, 2.24) is 4.98 Å². The maximum absolute atomic E-state index is 4.49. The second-order valence-electron chi connectivity index (χ2n) is 5.45. The van der Waals surface area contributed by atoms with Crippen LogP contribution in [-0.4, -0.2) is 11.2 Å². The fourth-order valence-electron chi connectivity index (χ4n) is 2.76. The molecule has 1 N–H and O–H groups in total. The largest absolute Gasteiger partial charge is 0.354 e. The summed E-state index contributed by atoms with van der Waals surface area (Å²) in [6, 6.07) is 28.9. The number of aliphatic imine (C=N–C) groups is 1. The van der Waals surface area contributed by atoms with E-state index in [0.29, 0.717) is 0 Å². The molecule has 0 bridgehead atoms. The van der Waals surface area contributed by atoms with Crippen LogP contribution in [0.15, 0.2) is 89.9 Å². The van der Waals surface area contributed by atoms with Crippen LogP contribution in [0.5, 0.6) is 0 Å². The third-order valence-electron chi connectivity index (χ3n) is 3.90. The van der Waals surface area contributed by atoms with Gasteiger partial charge in [0.05, 0.1) is 17.6 Å². The summed E-state index contributed by atoms with van der Waals surface area (Å²) in [5.41, 5.74) is 4.27. The van der Waals surface area contributed by atoms with E-state index in [2.05, 4.69) is 64.6 Å². The van der Waals surface area contributed by atoms with Crippen molar-refractivity contribution in [3.05, 3.63) is 90.6 Å². The van der Waals surface area contributed by atoms with E-state index in [0.717, 1.165) is 17.1 Å². The van der Waals surface area contributed by atoms with E-state index in [9.17, 15) is 0 Å². The number of nitrogens with zero attached hydrogens (tertiary/aromatic N) is 1. The SMILES string of the molecule is C(=Nc1ccccc1)c1ccc(-c2cccc3ccccc23)[nH]1. The van der Waals surface area contributed by atoms with E-state index in [1.807, 2.05) is 36.5 Å². The molecule has 0 spiro atoms. The van der Waals surface area contributed by atoms with E-state index >= 15 is 0 Å². The Kier molecular flexibility index (Phi) is 3.49. The normalized spacial score (nSPS) is 11.3. The quantitative estimate of drug-likeness (QED) is 0.478. The van der Waals surface area contributed by atoms with Crippen molar-refractivity contribution in [3.63, 3.8) is 0 Å². The zero-order valence-corrected chi connectivity index (χ0v) is 12.6. The zero-order chi connectivity index (χ0) is 15.5. The van der Waals surface area contributed by atoms with Crippen molar-refractivity contribution in [2.75, 3.05) is 0 Å². The van der Waals surface area contributed by atoms with Crippen LogP contribution in [-0.2, 0) is 0 Å².